The lowest BCUT2D eigenvalue weighted by Gasteiger charge is -2.13. The zero-order chi connectivity index (χ0) is 11.6. The van der Waals surface area contributed by atoms with Crippen molar-refractivity contribution in [1.29, 1.82) is 0 Å². The van der Waals surface area contributed by atoms with Crippen LogP contribution in [0.5, 0.6) is 5.75 Å². The van der Waals surface area contributed by atoms with E-state index in [0.29, 0.717) is 5.56 Å². The van der Waals surface area contributed by atoms with Crippen LogP contribution in [0.3, 0.4) is 0 Å². The standard InChI is InChI=1S/C10H12FNO3/c1-5-3-4-6(8(12)10(13)14)9(15-2)7(5)11/h3-4,8H,12H2,1-2H3,(H,13,14). The van der Waals surface area contributed by atoms with Crippen LogP contribution in [0, 0.1) is 12.7 Å². The lowest BCUT2D eigenvalue weighted by molar-refractivity contribution is -0.138. The van der Waals surface area contributed by atoms with Gasteiger partial charge in [-0.15, -0.1) is 0 Å². The Balaban J connectivity index is 3.30. The van der Waals surface area contributed by atoms with Crippen molar-refractivity contribution < 1.29 is 19.0 Å². The highest BCUT2D eigenvalue weighted by molar-refractivity contribution is 5.76. The Morgan fingerprint density at radius 2 is 2.20 bits per heavy atom. The number of aliphatic carboxylic acids is 1. The molecule has 0 amide bonds. The third kappa shape index (κ3) is 2.07. The zero-order valence-corrected chi connectivity index (χ0v) is 8.45. The molecule has 0 aliphatic carbocycles. The van der Waals surface area contributed by atoms with Crippen molar-refractivity contribution in [2.45, 2.75) is 13.0 Å². The average molecular weight is 213 g/mol. The van der Waals surface area contributed by atoms with Crippen LogP contribution in [0.25, 0.3) is 0 Å². The topological polar surface area (TPSA) is 72.5 Å². The fraction of sp³-hybridized carbons (Fsp3) is 0.300. The summed E-state index contributed by atoms with van der Waals surface area (Å²) >= 11 is 0. The number of rotatable bonds is 3. The van der Waals surface area contributed by atoms with Gasteiger partial charge in [-0.2, -0.15) is 0 Å². The van der Waals surface area contributed by atoms with E-state index in [4.69, 9.17) is 15.6 Å². The van der Waals surface area contributed by atoms with E-state index in [1.54, 1.807) is 6.92 Å². The van der Waals surface area contributed by atoms with Crippen molar-refractivity contribution >= 4 is 5.97 Å². The number of halogens is 1. The van der Waals surface area contributed by atoms with E-state index >= 15 is 0 Å². The molecule has 1 atom stereocenters. The van der Waals surface area contributed by atoms with Gasteiger partial charge in [0, 0.05) is 5.56 Å². The highest BCUT2D eigenvalue weighted by Crippen LogP contribution is 2.29. The van der Waals surface area contributed by atoms with Gasteiger partial charge in [0.2, 0.25) is 0 Å². The van der Waals surface area contributed by atoms with Gasteiger partial charge in [0.05, 0.1) is 7.11 Å². The summed E-state index contributed by atoms with van der Waals surface area (Å²) in [6.07, 6.45) is 0. The van der Waals surface area contributed by atoms with Gasteiger partial charge < -0.3 is 15.6 Å². The number of nitrogens with two attached hydrogens (primary N) is 1. The Morgan fingerprint density at radius 1 is 1.60 bits per heavy atom. The van der Waals surface area contributed by atoms with Gasteiger partial charge in [-0.3, -0.25) is 4.79 Å². The second-order valence-corrected chi connectivity index (χ2v) is 3.13. The Morgan fingerprint density at radius 3 is 2.67 bits per heavy atom. The minimum atomic E-state index is -1.28. The second kappa shape index (κ2) is 4.27. The molecule has 0 heterocycles. The summed E-state index contributed by atoms with van der Waals surface area (Å²) in [5.41, 5.74) is 5.90. The number of benzene rings is 1. The van der Waals surface area contributed by atoms with Gasteiger partial charge in [-0.1, -0.05) is 12.1 Å². The quantitative estimate of drug-likeness (QED) is 0.792. The third-order valence-electron chi connectivity index (χ3n) is 2.13. The van der Waals surface area contributed by atoms with E-state index in [9.17, 15) is 9.18 Å². The Bertz CT molecular complexity index is 392. The van der Waals surface area contributed by atoms with Gasteiger partial charge in [-0.25, -0.2) is 4.39 Å². The average Bonchev–Trinajstić information content (AvgIpc) is 2.20. The predicted molar refractivity (Wildman–Crippen MR) is 52.3 cm³/mol. The molecule has 0 radical (unpaired) electrons. The van der Waals surface area contributed by atoms with Gasteiger partial charge in [-0.05, 0) is 12.5 Å². The maximum absolute atomic E-state index is 13.5. The van der Waals surface area contributed by atoms with Crippen LogP contribution in [-0.2, 0) is 4.79 Å². The molecule has 1 aromatic rings. The van der Waals surface area contributed by atoms with E-state index < -0.39 is 17.8 Å². The Labute approximate surface area is 86.5 Å². The molecule has 0 aromatic heterocycles. The summed E-state index contributed by atoms with van der Waals surface area (Å²) < 4.78 is 18.3. The van der Waals surface area contributed by atoms with Crippen molar-refractivity contribution in [2.24, 2.45) is 5.73 Å². The maximum atomic E-state index is 13.5. The number of hydrogen-bond donors (Lipinski definition) is 2. The van der Waals surface area contributed by atoms with Gasteiger partial charge in [0.25, 0.3) is 0 Å². The molecule has 82 valence electrons. The van der Waals surface area contributed by atoms with Gasteiger partial charge in [0.15, 0.2) is 11.6 Å². The van der Waals surface area contributed by atoms with Crippen molar-refractivity contribution in [2.75, 3.05) is 7.11 Å². The van der Waals surface area contributed by atoms with Crippen LogP contribution < -0.4 is 10.5 Å². The molecule has 0 aliphatic rings. The summed E-state index contributed by atoms with van der Waals surface area (Å²) in [5.74, 6) is -1.91. The molecule has 3 N–H and O–H groups in total. The van der Waals surface area contributed by atoms with Crippen LogP contribution in [0.4, 0.5) is 4.39 Å². The minimum Gasteiger partial charge on any atom is -0.493 e. The van der Waals surface area contributed by atoms with Crippen molar-refractivity contribution in [1.82, 2.24) is 0 Å². The van der Waals surface area contributed by atoms with Crippen molar-refractivity contribution in [3.8, 4) is 5.75 Å². The number of aryl methyl sites for hydroxylation is 1. The lowest BCUT2D eigenvalue weighted by atomic mass is 10.0. The summed E-state index contributed by atoms with van der Waals surface area (Å²) in [6.45, 7) is 1.56. The number of carbonyl (C=O) groups is 1. The molecule has 0 saturated heterocycles. The molecular formula is C10H12FNO3. The first-order valence-electron chi connectivity index (χ1n) is 4.30. The van der Waals surface area contributed by atoms with Crippen LogP contribution in [0.2, 0.25) is 0 Å². The van der Waals surface area contributed by atoms with Crippen LogP contribution in [0.15, 0.2) is 12.1 Å². The largest absolute Gasteiger partial charge is 0.493 e. The van der Waals surface area contributed by atoms with Crippen LogP contribution in [0.1, 0.15) is 17.2 Å². The van der Waals surface area contributed by atoms with Gasteiger partial charge in [0.1, 0.15) is 6.04 Å². The third-order valence-corrected chi connectivity index (χ3v) is 2.13. The summed E-state index contributed by atoms with van der Waals surface area (Å²) in [4.78, 5) is 10.7. The predicted octanol–water partition coefficient (Wildman–Crippen LogP) is 1.23. The minimum absolute atomic E-state index is 0.107. The molecule has 4 nitrogen and oxygen atoms in total. The van der Waals surface area contributed by atoms with Gasteiger partial charge >= 0.3 is 5.97 Å². The number of methoxy groups -OCH3 is 1. The number of ether oxygens (including phenoxy) is 1. The molecular weight excluding hydrogens is 201 g/mol. The van der Waals surface area contributed by atoms with E-state index in [0.717, 1.165) is 0 Å². The lowest BCUT2D eigenvalue weighted by Crippen LogP contribution is -2.21. The fourth-order valence-corrected chi connectivity index (χ4v) is 1.25. The first-order valence-corrected chi connectivity index (χ1v) is 4.30. The summed E-state index contributed by atoms with van der Waals surface area (Å²) in [7, 11) is 1.27. The fourth-order valence-electron chi connectivity index (χ4n) is 1.25. The van der Waals surface area contributed by atoms with Crippen LogP contribution >= 0.6 is 0 Å². The number of carboxylic acids is 1. The number of carboxylic acid groups (broad SMARTS) is 1. The molecule has 1 rings (SSSR count). The molecule has 0 aliphatic heterocycles. The Kier molecular flexibility index (Phi) is 3.26. The van der Waals surface area contributed by atoms with E-state index in [2.05, 4.69) is 0 Å². The highest BCUT2D eigenvalue weighted by atomic mass is 19.1. The zero-order valence-electron chi connectivity index (χ0n) is 8.45. The molecule has 1 unspecified atom stereocenters. The molecule has 0 fully saturated rings. The molecule has 1 aromatic carbocycles. The van der Waals surface area contributed by atoms with Crippen LogP contribution in [-0.4, -0.2) is 18.2 Å². The first-order chi connectivity index (χ1) is 6.99. The smallest absolute Gasteiger partial charge is 0.325 e. The van der Waals surface area contributed by atoms with Crippen molar-refractivity contribution in [3.05, 3.63) is 29.1 Å². The summed E-state index contributed by atoms with van der Waals surface area (Å²) in [6, 6.07) is 1.64. The Hall–Kier alpha value is -1.62. The number of hydrogen-bond acceptors (Lipinski definition) is 3. The normalized spacial score (nSPS) is 12.3. The molecule has 5 heteroatoms. The summed E-state index contributed by atoms with van der Waals surface area (Å²) in [5, 5.41) is 8.71. The molecule has 15 heavy (non-hydrogen) atoms. The molecule has 0 spiro atoms. The van der Waals surface area contributed by atoms with E-state index in [1.165, 1.54) is 19.2 Å². The second-order valence-electron chi connectivity index (χ2n) is 3.13. The molecule has 0 saturated carbocycles. The van der Waals surface area contributed by atoms with Crippen molar-refractivity contribution in [3.63, 3.8) is 0 Å². The first kappa shape index (κ1) is 11.5. The van der Waals surface area contributed by atoms with E-state index in [-0.39, 0.29) is 11.3 Å². The maximum Gasteiger partial charge on any atom is 0.325 e. The highest BCUT2D eigenvalue weighted by Gasteiger charge is 2.22. The monoisotopic (exact) mass is 213 g/mol. The molecule has 0 bridgehead atoms. The SMILES string of the molecule is COc1c(C(N)C(=O)O)ccc(C)c1F. The van der Waals surface area contributed by atoms with E-state index in [1.807, 2.05) is 0 Å².